The minimum absolute atomic E-state index is 0.228. The number of hydrogen-bond donors (Lipinski definition) is 0. The Morgan fingerprint density at radius 1 is 0.857 bits per heavy atom. The van der Waals surface area contributed by atoms with Crippen molar-refractivity contribution in [3.8, 4) is 17.2 Å². The van der Waals surface area contributed by atoms with Crippen LogP contribution < -0.4 is 14.2 Å². The van der Waals surface area contributed by atoms with E-state index >= 15 is 0 Å². The molecule has 2 aromatic carbocycles. The van der Waals surface area contributed by atoms with E-state index in [1.54, 1.807) is 36.4 Å². The molecule has 0 unspecified atom stereocenters. The molecular weight excluding hydrogens is 292 g/mol. The third-order valence-corrected chi connectivity index (χ3v) is 3.44. The summed E-state index contributed by atoms with van der Waals surface area (Å²) in [5, 5.41) is 0.265. The van der Waals surface area contributed by atoms with Crippen molar-refractivity contribution in [1.29, 1.82) is 0 Å². The van der Waals surface area contributed by atoms with E-state index in [1.807, 2.05) is 0 Å². The maximum absolute atomic E-state index is 12.7. The summed E-state index contributed by atoms with van der Waals surface area (Å²) in [5.41, 5.74) is 0.798. The van der Waals surface area contributed by atoms with E-state index in [0.717, 1.165) is 0 Å². The molecule has 5 heteroatoms. The molecule has 0 saturated carbocycles. The lowest BCUT2D eigenvalue weighted by molar-refractivity contribution is 0.103. The van der Waals surface area contributed by atoms with E-state index in [0.29, 0.717) is 22.6 Å². The quantitative estimate of drug-likeness (QED) is 0.792. The van der Waals surface area contributed by atoms with Gasteiger partial charge in [0, 0.05) is 0 Å². The SMILES string of the molecule is COc1ccccc1C(=O)c1ccc(OC)c(Cl)c1OC. The van der Waals surface area contributed by atoms with E-state index < -0.39 is 0 Å². The summed E-state index contributed by atoms with van der Waals surface area (Å²) in [5.74, 6) is 1.00. The standard InChI is InChI=1S/C16H15ClO4/c1-19-12-7-5-4-6-10(12)15(18)11-8-9-13(20-2)14(17)16(11)21-3/h4-9H,1-3H3. The molecular formula is C16H15ClO4. The fourth-order valence-corrected chi connectivity index (χ4v) is 2.37. The number of hydrogen-bond acceptors (Lipinski definition) is 4. The first-order chi connectivity index (χ1) is 10.1. The molecule has 0 heterocycles. The van der Waals surface area contributed by atoms with Gasteiger partial charge in [0.25, 0.3) is 0 Å². The highest BCUT2D eigenvalue weighted by Crippen LogP contribution is 2.38. The molecule has 0 fully saturated rings. The van der Waals surface area contributed by atoms with Gasteiger partial charge in [0.05, 0.1) is 32.5 Å². The van der Waals surface area contributed by atoms with Crippen LogP contribution in [0, 0.1) is 0 Å². The van der Waals surface area contributed by atoms with Crippen LogP contribution in [0.25, 0.3) is 0 Å². The molecule has 0 N–H and O–H groups in total. The van der Waals surface area contributed by atoms with Crippen molar-refractivity contribution in [2.75, 3.05) is 21.3 Å². The molecule has 0 aliphatic carbocycles. The second-order valence-electron chi connectivity index (χ2n) is 4.19. The lowest BCUT2D eigenvalue weighted by Gasteiger charge is -2.13. The molecule has 0 atom stereocenters. The van der Waals surface area contributed by atoms with Crippen LogP contribution in [0.3, 0.4) is 0 Å². The number of ether oxygens (including phenoxy) is 3. The Balaban J connectivity index is 2.56. The van der Waals surface area contributed by atoms with Crippen LogP contribution in [0.4, 0.5) is 0 Å². The van der Waals surface area contributed by atoms with E-state index in [1.165, 1.54) is 21.3 Å². The number of benzene rings is 2. The Bertz CT molecular complexity index is 667. The van der Waals surface area contributed by atoms with E-state index in [2.05, 4.69) is 0 Å². The van der Waals surface area contributed by atoms with Gasteiger partial charge < -0.3 is 14.2 Å². The summed E-state index contributed by atoms with van der Waals surface area (Å²) in [6.07, 6.45) is 0. The summed E-state index contributed by atoms with van der Waals surface area (Å²) < 4.78 is 15.6. The van der Waals surface area contributed by atoms with E-state index in [-0.39, 0.29) is 16.6 Å². The molecule has 0 spiro atoms. The van der Waals surface area contributed by atoms with Gasteiger partial charge in [-0.3, -0.25) is 4.79 Å². The summed E-state index contributed by atoms with van der Waals surface area (Å²) in [4.78, 5) is 12.7. The average molecular weight is 307 g/mol. The van der Waals surface area contributed by atoms with Gasteiger partial charge in [-0.25, -0.2) is 0 Å². The Morgan fingerprint density at radius 2 is 1.52 bits per heavy atom. The number of carbonyl (C=O) groups is 1. The molecule has 0 bridgehead atoms. The lowest BCUT2D eigenvalue weighted by Crippen LogP contribution is -2.06. The second-order valence-corrected chi connectivity index (χ2v) is 4.57. The molecule has 2 rings (SSSR count). The lowest BCUT2D eigenvalue weighted by atomic mass is 10.0. The molecule has 0 saturated heterocycles. The normalized spacial score (nSPS) is 10.1. The summed E-state index contributed by atoms with van der Waals surface area (Å²) >= 11 is 6.19. The van der Waals surface area contributed by atoms with E-state index in [9.17, 15) is 4.79 Å². The van der Waals surface area contributed by atoms with Crippen LogP contribution in [0.2, 0.25) is 5.02 Å². The molecule has 0 radical (unpaired) electrons. The van der Waals surface area contributed by atoms with Gasteiger partial charge >= 0.3 is 0 Å². The number of ketones is 1. The first-order valence-electron chi connectivity index (χ1n) is 6.22. The molecule has 21 heavy (non-hydrogen) atoms. The summed E-state index contributed by atoms with van der Waals surface area (Å²) in [6, 6.07) is 10.2. The summed E-state index contributed by atoms with van der Waals surface area (Å²) in [7, 11) is 4.48. The van der Waals surface area contributed by atoms with Crippen molar-refractivity contribution < 1.29 is 19.0 Å². The molecule has 4 nitrogen and oxygen atoms in total. The molecule has 2 aromatic rings. The molecule has 0 aromatic heterocycles. The zero-order chi connectivity index (χ0) is 15.4. The number of carbonyl (C=O) groups excluding carboxylic acids is 1. The van der Waals surface area contributed by atoms with Crippen LogP contribution in [0.5, 0.6) is 17.2 Å². The Hall–Kier alpha value is -2.20. The van der Waals surface area contributed by atoms with Crippen molar-refractivity contribution in [1.82, 2.24) is 0 Å². The van der Waals surface area contributed by atoms with Crippen molar-refractivity contribution in [3.05, 3.63) is 52.5 Å². The monoisotopic (exact) mass is 306 g/mol. The highest BCUT2D eigenvalue weighted by Gasteiger charge is 2.21. The maximum Gasteiger partial charge on any atom is 0.200 e. The zero-order valence-corrected chi connectivity index (χ0v) is 12.7. The third-order valence-electron chi connectivity index (χ3n) is 3.08. The van der Waals surface area contributed by atoms with Gasteiger partial charge in [-0.05, 0) is 24.3 Å². The Labute approximate surface area is 128 Å². The second kappa shape index (κ2) is 6.50. The Kier molecular flexibility index (Phi) is 4.70. The number of para-hydroxylation sites is 1. The first kappa shape index (κ1) is 15.2. The van der Waals surface area contributed by atoms with E-state index in [4.69, 9.17) is 25.8 Å². The topological polar surface area (TPSA) is 44.8 Å². The fraction of sp³-hybridized carbons (Fsp3) is 0.188. The predicted octanol–water partition coefficient (Wildman–Crippen LogP) is 3.60. The van der Waals surface area contributed by atoms with Gasteiger partial charge in [-0.2, -0.15) is 0 Å². The predicted molar refractivity (Wildman–Crippen MR) is 81.0 cm³/mol. The summed E-state index contributed by atoms with van der Waals surface area (Å²) in [6.45, 7) is 0. The molecule has 0 amide bonds. The van der Waals surface area contributed by atoms with Crippen LogP contribution >= 0.6 is 11.6 Å². The molecule has 0 aliphatic rings. The van der Waals surface area contributed by atoms with Crippen molar-refractivity contribution >= 4 is 17.4 Å². The van der Waals surface area contributed by atoms with Gasteiger partial charge in [0.1, 0.15) is 16.5 Å². The molecule has 0 aliphatic heterocycles. The van der Waals surface area contributed by atoms with Crippen molar-refractivity contribution in [2.24, 2.45) is 0 Å². The number of rotatable bonds is 5. The average Bonchev–Trinajstić information content (AvgIpc) is 2.53. The van der Waals surface area contributed by atoms with Crippen molar-refractivity contribution in [2.45, 2.75) is 0 Å². The van der Waals surface area contributed by atoms with Crippen LogP contribution in [0.15, 0.2) is 36.4 Å². The number of halogens is 1. The highest BCUT2D eigenvalue weighted by molar-refractivity contribution is 6.34. The van der Waals surface area contributed by atoms with Gasteiger partial charge in [0.15, 0.2) is 5.75 Å². The third kappa shape index (κ3) is 2.81. The maximum atomic E-state index is 12.7. The van der Waals surface area contributed by atoms with Gasteiger partial charge in [-0.15, -0.1) is 0 Å². The van der Waals surface area contributed by atoms with Crippen LogP contribution in [-0.2, 0) is 0 Å². The zero-order valence-electron chi connectivity index (χ0n) is 12.0. The highest BCUT2D eigenvalue weighted by atomic mass is 35.5. The Morgan fingerprint density at radius 3 is 2.14 bits per heavy atom. The minimum Gasteiger partial charge on any atom is -0.496 e. The first-order valence-corrected chi connectivity index (χ1v) is 6.60. The van der Waals surface area contributed by atoms with Gasteiger partial charge in [-0.1, -0.05) is 23.7 Å². The van der Waals surface area contributed by atoms with Crippen molar-refractivity contribution in [3.63, 3.8) is 0 Å². The smallest absolute Gasteiger partial charge is 0.200 e. The van der Waals surface area contributed by atoms with Crippen LogP contribution in [0.1, 0.15) is 15.9 Å². The fourth-order valence-electron chi connectivity index (χ4n) is 2.05. The van der Waals surface area contributed by atoms with Crippen LogP contribution in [-0.4, -0.2) is 27.1 Å². The van der Waals surface area contributed by atoms with Gasteiger partial charge in [0.2, 0.25) is 5.78 Å². The largest absolute Gasteiger partial charge is 0.496 e. The number of methoxy groups -OCH3 is 3. The molecule has 110 valence electrons. The minimum atomic E-state index is -0.228.